The number of thioether (sulfide) groups is 1. The Balaban J connectivity index is 1.42. The highest BCUT2D eigenvalue weighted by molar-refractivity contribution is 7.99. The Hall–Kier alpha value is -2.41. The summed E-state index contributed by atoms with van der Waals surface area (Å²) in [7, 11) is 0. The fourth-order valence-corrected chi connectivity index (χ4v) is 4.12. The average Bonchev–Trinajstić information content (AvgIpc) is 3.33. The van der Waals surface area contributed by atoms with Crippen molar-refractivity contribution in [1.29, 1.82) is 0 Å². The van der Waals surface area contributed by atoms with Gasteiger partial charge in [0.1, 0.15) is 0 Å². The summed E-state index contributed by atoms with van der Waals surface area (Å²) in [5.74, 6) is 0.832. The summed E-state index contributed by atoms with van der Waals surface area (Å²) in [5.41, 5.74) is 1.20. The van der Waals surface area contributed by atoms with E-state index in [1.54, 1.807) is 36.4 Å². The number of benzene rings is 1. The summed E-state index contributed by atoms with van der Waals surface area (Å²) < 4.78 is 5.06. The van der Waals surface area contributed by atoms with Gasteiger partial charge in [-0.1, -0.05) is 18.9 Å². The molecule has 6 nitrogen and oxygen atoms in total. The molecule has 0 radical (unpaired) electrons. The number of hydrogen-bond acceptors (Lipinski definition) is 4. The summed E-state index contributed by atoms with van der Waals surface area (Å²) in [5, 5.41) is 9.14. The maximum absolute atomic E-state index is 12.0. The molecule has 3 rings (SSSR count). The van der Waals surface area contributed by atoms with E-state index in [9.17, 15) is 9.59 Å². The molecule has 3 amide bonds. The van der Waals surface area contributed by atoms with E-state index in [0.29, 0.717) is 17.9 Å². The van der Waals surface area contributed by atoms with Gasteiger partial charge in [0.2, 0.25) is 0 Å². The van der Waals surface area contributed by atoms with Gasteiger partial charge in [0.15, 0.2) is 5.76 Å². The van der Waals surface area contributed by atoms with Crippen molar-refractivity contribution in [3.63, 3.8) is 0 Å². The van der Waals surface area contributed by atoms with E-state index in [2.05, 4.69) is 16.0 Å². The Kier molecular flexibility index (Phi) is 6.60. The zero-order chi connectivity index (χ0) is 18.2. The van der Waals surface area contributed by atoms with Gasteiger partial charge in [0.25, 0.3) is 5.91 Å². The third kappa shape index (κ3) is 5.56. The van der Waals surface area contributed by atoms with Crippen LogP contribution in [0.3, 0.4) is 0 Å². The van der Waals surface area contributed by atoms with E-state index in [-0.39, 0.29) is 17.7 Å². The predicted molar refractivity (Wildman–Crippen MR) is 105 cm³/mol. The van der Waals surface area contributed by atoms with Crippen molar-refractivity contribution >= 4 is 35.1 Å². The summed E-state index contributed by atoms with van der Waals surface area (Å²) in [4.78, 5) is 24.0. The highest BCUT2D eigenvalue weighted by Crippen LogP contribution is 2.28. The van der Waals surface area contributed by atoms with Gasteiger partial charge >= 0.3 is 6.03 Å². The molecule has 138 valence electrons. The minimum Gasteiger partial charge on any atom is -0.459 e. The molecule has 7 heteroatoms. The summed E-state index contributed by atoms with van der Waals surface area (Å²) in [6.07, 6.45) is 6.71. The largest absolute Gasteiger partial charge is 0.459 e. The lowest BCUT2D eigenvalue weighted by Crippen LogP contribution is -2.30. The van der Waals surface area contributed by atoms with Crippen molar-refractivity contribution < 1.29 is 14.0 Å². The second-order valence-electron chi connectivity index (χ2n) is 6.17. The quantitative estimate of drug-likeness (QED) is 0.631. The lowest BCUT2D eigenvalue weighted by Gasteiger charge is -2.11. The van der Waals surface area contributed by atoms with Crippen LogP contribution in [0.15, 0.2) is 47.1 Å². The Bertz CT molecular complexity index is 727. The lowest BCUT2D eigenvalue weighted by molar-refractivity contribution is 0.0996. The molecule has 1 aliphatic rings. The van der Waals surface area contributed by atoms with Crippen LogP contribution in [-0.4, -0.2) is 29.5 Å². The molecule has 1 fully saturated rings. The van der Waals surface area contributed by atoms with Crippen molar-refractivity contribution in [3.05, 3.63) is 48.4 Å². The first-order valence-corrected chi connectivity index (χ1v) is 9.87. The average molecular weight is 373 g/mol. The number of hydrogen-bond donors (Lipinski definition) is 3. The maximum atomic E-state index is 12.0. The maximum Gasteiger partial charge on any atom is 0.319 e. The topological polar surface area (TPSA) is 83.4 Å². The standard InChI is InChI=1S/C19H23N3O3S/c23-18(17-9-4-11-25-17)21-14-5-3-6-15(13-14)22-19(24)20-10-12-26-16-7-1-2-8-16/h3-6,9,11,13,16H,1-2,7-8,10,12H2,(H,21,23)(H2,20,22,24). The van der Waals surface area contributed by atoms with E-state index < -0.39 is 0 Å². The van der Waals surface area contributed by atoms with Crippen LogP contribution in [0.5, 0.6) is 0 Å². The van der Waals surface area contributed by atoms with E-state index >= 15 is 0 Å². The first kappa shape index (κ1) is 18.4. The number of rotatable bonds is 7. The molecule has 1 aromatic carbocycles. The van der Waals surface area contributed by atoms with Crippen molar-refractivity contribution in [2.45, 2.75) is 30.9 Å². The molecule has 1 saturated carbocycles. The van der Waals surface area contributed by atoms with Crippen LogP contribution in [0.2, 0.25) is 0 Å². The minimum absolute atomic E-state index is 0.237. The zero-order valence-electron chi connectivity index (χ0n) is 14.5. The summed E-state index contributed by atoms with van der Waals surface area (Å²) >= 11 is 1.94. The molecule has 0 aliphatic heterocycles. The van der Waals surface area contributed by atoms with Crippen LogP contribution >= 0.6 is 11.8 Å². The van der Waals surface area contributed by atoms with Crippen LogP contribution in [0.1, 0.15) is 36.2 Å². The number of carbonyl (C=O) groups is 2. The summed E-state index contributed by atoms with van der Waals surface area (Å²) in [6, 6.07) is 10.00. The predicted octanol–water partition coefficient (Wildman–Crippen LogP) is 4.33. The molecule has 1 aliphatic carbocycles. The second-order valence-corrected chi connectivity index (χ2v) is 7.58. The number of urea groups is 1. The molecule has 2 aromatic rings. The first-order chi connectivity index (χ1) is 12.7. The van der Waals surface area contributed by atoms with Crippen molar-refractivity contribution in [2.24, 2.45) is 0 Å². The molecule has 0 unspecified atom stereocenters. The molecule has 1 heterocycles. The fourth-order valence-electron chi connectivity index (χ4n) is 2.90. The normalized spacial score (nSPS) is 14.2. The number of carbonyl (C=O) groups excluding carboxylic acids is 2. The summed E-state index contributed by atoms with van der Waals surface area (Å²) in [6.45, 7) is 0.641. The van der Waals surface area contributed by atoms with E-state index in [4.69, 9.17) is 4.42 Å². The number of amides is 3. The van der Waals surface area contributed by atoms with Gasteiger partial charge in [-0.2, -0.15) is 11.8 Å². The molecular weight excluding hydrogens is 350 g/mol. The Morgan fingerprint density at radius 2 is 1.85 bits per heavy atom. The molecule has 1 aromatic heterocycles. The number of nitrogens with one attached hydrogen (secondary N) is 3. The van der Waals surface area contributed by atoms with Gasteiger partial charge in [0, 0.05) is 28.9 Å². The smallest absolute Gasteiger partial charge is 0.319 e. The van der Waals surface area contributed by atoms with Gasteiger partial charge in [-0.25, -0.2) is 4.79 Å². The van der Waals surface area contributed by atoms with E-state index in [1.807, 2.05) is 11.8 Å². The zero-order valence-corrected chi connectivity index (χ0v) is 15.3. The lowest BCUT2D eigenvalue weighted by atomic mass is 10.2. The van der Waals surface area contributed by atoms with E-state index in [1.165, 1.54) is 31.9 Å². The van der Waals surface area contributed by atoms with Gasteiger partial charge in [-0.15, -0.1) is 0 Å². The third-order valence-corrected chi connectivity index (χ3v) is 5.55. The van der Waals surface area contributed by atoms with Crippen LogP contribution in [0.25, 0.3) is 0 Å². The van der Waals surface area contributed by atoms with Gasteiger partial charge < -0.3 is 20.4 Å². The number of furan rings is 1. The van der Waals surface area contributed by atoms with E-state index in [0.717, 1.165) is 11.0 Å². The molecule has 0 saturated heterocycles. The Morgan fingerprint density at radius 1 is 1.08 bits per heavy atom. The molecule has 0 atom stereocenters. The highest BCUT2D eigenvalue weighted by Gasteiger charge is 2.14. The van der Waals surface area contributed by atoms with Crippen LogP contribution in [-0.2, 0) is 0 Å². The van der Waals surface area contributed by atoms with Crippen molar-refractivity contribution in [1.82, 2.24) is 5.32 Å². The van der Waals surface area contributed by atoms with Crippen LogP contribution in [0, 0.1) is 0 Å². The Morgan fingerprint density at radius 3 is 2.58 bits per heavy atom. The highest BCUT2D eigenvalue weighted by atomic mass is 32.2. The van der Waals surface area contributed by atoms with Gasteiger partial charge in [-0.05, 0) is 43.2 Å². The molecule has 0 bridgehead atoms. The monoisotopic (exact) mass is 373 g/mol. The van der Waals surface area contributed by atoms with Crippen molar-refractivity contribution in [3.8, 4) is 0 Å². The first-order valence-electron chi connectivity index (χ1n) is 8.82. The van der Waals surface area contributed by atoms with Gasteiger partial charge in [-0.3, -0.25) is 4.79 Å². The second kappa shape index (κ2) is 9.33. The minimum atomic E-state index is -0.333. The Labute approximate surface area is 157 Å². The molecular formula is C19H23N3O3S. The fraction of sp³-hybridized carbons (Fsp3) is 0.368. The van der Waals surface area contributed by atoms with Crippen LogP contribution < -0.4 is 16.0 Å². The molecule has 0 spiro atoms. The van der Waals surface area contributed by atoms with Crippen LogP contribution in [0.4, 0.5) is 16.2 Å². The third-order valence-electron chi connectivity index (χ3n) is 4.17. The number of anilines is 2. The molecule has 3 N–H and O–H groups in total. The van der Waals surface area contributed by atoms with Gasteiger partial charge in [0.05, 0.1) is 6.26 Å². The SMILES string of the molecule is O=C(NCCSC1CCCC1)Nc1cccc(NC(=O)c2ccco2)c1. The molecule has 26 heavy (non-hydrogen) atoms. The van der Waals surface area contributed by atoms with Crippen molar-refractivity contribution in [2.75, 3.05) is 22.9 Å².